The largest absolute Gasteiger partial charge is 0.364 e. The first kappa shape index (κ1) is 20.1. The summed E-state index contributed by atoms with van der Waals surface area (Å²) in [6.45, 7) is 2.57. The highest BCUT2D eigenvalue weighted by Crippen LogP contribution is 2.25. The van der Waals surface area contributed by atoms with Crippen LogP contribution < -0.4 is 10.6 Å². The number of hydrogen-bond acceptors (Lipinski definition) is 4. The minimum Gasteiger partial charge on any atom is -0.364 e. The smallest absolute Gasteiger partial charge is 0.224 e. The fourth-order valence-corrected chi connectivity index (χ4v) is 3.12. The Balaban J connectivity index is 1.69. The number of benzene rings is 2. The van der Waals surface area contributed by atoms with Crippen LogP contribution in [0.2, 0.25) is 0 Å². The van der Waals surface area contributed by atoms with Crippen LogP contribution in [-0.2, 0) is 17.8 Å². The number of nitrogens with zero attached hydrogens (tertiary/aromatic N) is 2. The monoisotopic (exact) mass is 384 g/mol. The van der Waals surface area contributed by atoms with Crippen LogP contribution in [0.15, 0.2) is 66.9 Å². The number of anilines is 2. The summed E-state index contributed by atoms with van der Waals surface area (Å²) < 4.78 is 0. The van der Waals surface area contributed by atoms with E-state index in [0.717, 1.165) is 28.7 Å². The Morgan fingerprint density at radius 1 is 1.07 bits per heavy atom. The van der Waals surface area contributed by atoms with E-state index in [1.54, 1.807) is 12.3 Å². The number of carbonyl (C=O) groups is 1. The Kier molecular flexibility index (Phi) is 6.96. The van der Waals surface area contributed by atoms with Gasteiger partial charge in [-0.1, -0.05) is 55.5 Å². The lowest BCUT2D eigenvalue weighted by atomic mass is 9.97. The minimum atomic E-state index is -0.0102. The van der Waals surface area contributed by atoms with Gasteiger partial charge in [-0.05, 0) is 40.8 Å². The number of pyridine rings is 1. The summed E-state index contributed by atoms with van der Waals surface area (Å²) in [5.74, 6) is 0.643. The molecule has 29 heavy (non-hydrogen) atoms. The van der Waals surface area contributed by atoms with E-state index in [1.165, 1.54) is 0 Å². The molecule has 3 aromatic rings. The number of hydrogen-bond donors (Lipinski definition) is 2. The molecule has 0 aliphatic heterocycles. The molecule has 0 radical (unpaired) electrons. The van der Waals surface area contributed by atoms with Crippen molar-refractivity contribution in [2.24, 2.45) is 0 Å². The molecule has 1 amide bonds. The van der Waals surface area contributed by atoms with Crippen molar-refractivity contribution < 1.29 is 4.79 Å². The van der Waals surface area contributed by atoms with Crippen LogP contribution in [0.3, 0.4) is 0 Å². The highest BCUT2D eigenvalue weighted by molar-refractivity contribution is 5.93. The number of aromatic nitrogens is 1. The van der Waals surface area contributed by atoms with Gasteiger partial charge in [0, 0.05) is 19.2 Å². The quantitative estimate of drug-likeness (QED) is 0.562. The summed E-state index contributed by atoms with van der Waals surface area (Å²) in [6.07, 6.45) is 3.39. The molecule has 0 aliphatic carbocycles. The van der Waals surface area contributed by atoms with Crippen molar-refractivity contribution in [2.75, 3.05) is 10.6 Å². The van der Waals surface area contributed by atoms with Crippen molar-refractivity contribution in [3.8, 4) is 17.2 Å². The highest BCUT2D eigenvalue weighted by Gasteiger charge is 2.08. The summed E-state index contributed by atoms with van der Waals surface area (Å²) in [5.41, 5.74) is 4.99. The first-order valence-corrected chi connectivity index (χ1v) is 9.74. The van der Waals surface area contributed by atoms with Crippen LogP contribution in [0.4, 0.5) is 11.5 Å². The third kappa shape index (κ3) is 5.43. The van der Waals surface area contributed by atoms with Crippen molar-refractivity contribution in [3.63, 3.8) is 0 Å². The molecule has 5 nitrogen and oxygen atoms in total. The van der Waals surface area contributed by atoms with Crippen molar-refractivity contribution in [2.45, 2.75) is 32.7 Å². The van der Waals surface area contributed by atoms with Gasteiger partial charge in [-0.15, -0.1) is 0 Å². The van der Waals surface area contributed by atoms with Crippen LogP contribution in [0.5, 0.6) is 0 Å². The van der Waals surface area contributed by atoms with Crippen molar-refractivity contribution in [1.29, 1.82) is 5.26 Å². The molecule has 146 valence electrons. The molecule has 2 aromatic carbocycles. The summed E-state index contributed by atoms with van der Waals surface area (Å²) in [6, 6.07) is 22.1. The van der Waals surface area contributed by atoms with Gasteiger partial charge in [0.15, 0.2) is 0 Å². The van der Waals surface area contributed by atoms with Crippen molar-refractivity contribution >= 4 is 17.4 Å². The predicted octanol–water partition coefficient (Wildman–Crippen LogP) is 5.17. The van der Waals surface area contributed by atoms with Gasteiger partial charge in [0.05, 0.1) is 18.2 Å². The Morgan fingerprint density at radius 2 is 1.86 bits per heavy atom. The van der Waals surface area contributed by atoms with Gasteiger partial charge >= 0.3 is 0 Å². The summed E-state index contributed by atoms with van der Waals surface area (Å²) in [5, 5.41) is 15.2. The fourth-order valence-electron chi connectivity index (χ4n) is 3.12. The van der Waals surface area contributed by atoms with E-state index in [9.17, 15) is 4.79 Å². The third-order valence-electron chi connectivity index (χ3n) is 4.57. The van der Waals surface area contributed by atoms with Crippen molar-refractivity contribution in [1.82, 2.24) is 4.98 Å². The lowest BCUT2D eigenvalue weighted by Gasteiger charge is -2.12. The highest BCUT2D eigenvalue weighted by atomic mass is 16.1. The molecule has 0 spiro atoms. The summed E-state index contributed by atoms with van der Waals surface area (Å²) in [7, 11) is 0. The zero-order chi connectivity index (χ0) is 20.5. The Labute approximate surface area is 171 Å². The molecule has 5 heteroatoms. The van der Waals surface area contributed by atoms with E-state index in [1.807, 2.05) is 37.3 Å². The van der Waals surface area contributed by atoms with E-state index in [-0.39, 0.29) is 5.91 Å². The third-order valence-corrected chi connectivity index (χ3v) is 4.57. The lowest BCUT2D eigenvalue weighted by molar-refractivity contribution is -0.116. The van der Waals surface area contributed by atoms with E-state index < -0.39 is 0 Å². The second kappa shape index (κ2) is 10.0. The second-order valence-corrected chi connectivity index (χ2v) is 6.74. The van der Waals surface area contributed by atoms with E-state index in [2.05, 4.69) is 46.0 Å². The number of nitriles is 1. The Morgan fingerprint density at radius 3 is 2.62 bits per heavy atom. The lowest BCUT2D eigenvalue weighted by Crippen LogP contribution is -2.13. The molecule has 0 fully saturated rings. The number of carbonyl (C=O) groups excluding carboxylic acids is 1. The van der Waals surface area contributed by atoms with E-state index in [4.69, 9.17) is 5.26 Å². The normalized spacial score (nSPS) is 10.2. The van der Waals surface area contributed by atoms with Crippen LogP contribution in [-0.4, -0.2) is 10.9 Å². The fraction of sp³-hybridized carbons (Fsp3) is 0.208. The van der Waals surface area contributed by atoms with E-state index >= 15 is 0 Å². The molecule has 0 saturated carbocycles. The summed E-state index contributed by atoms with van der Waals surface area (Å²) in [4.78, 5) is 16.2. The Bertz CT molecular complexity index is 1010. The van der Waals surface area contributed by atoms with Gasteiger partial charge in [0.25, 0.3) is 0 Å². The average molecular weight is 384 g/mol. The average Bonchev–Trinajstić information content (AvgIpc) is 2.74. The molecule has 3 rings (SSSR count). The zero-order valence-corrected chi connectivity index (χ0v) is 16.5. The maximum absolute atomic E-state index is 11.9. The van der Waals surface area contributed by atoms with Gasteiger partial charge in [-0.3, -0.25) is 4.79 Å². The predicted molar refractivity (Wildman–Crippen MR) is 116 cm³/mol. The first-order chi connectivity index (χ1) is 14.2. The molecule has 0 saturated heterocycles. The Hall–Kier alpha value is -3.65. The molecule has 1 aromatic heterocycles. The molecular formula is C24H24N4O. The van der Waals surface area contributed by atoms with Crippen LogP contribution in [0.25, 0.3) is 11.1 Å². The maximum atomic E-state index is 11.9. The van der Waals surface area contributed by atoms with Crippen LogP contribution >= 0.6 is 0 Å². The number of amides is 1. The number of rotatable bonds is 8. The van der Waals surface area contributed by atoms with Gasteiger partial charge < -0.3 is 10.6 Å². The van der Waals surface area contributed by atoms with Gasteiger partial charge in [-0.25, -0.2) is 4.98 Å². The van der Waals surface area contributed by atoms with Crippen LogP contribution in [0, 0.1) is 11.3 Å². The van der Waals surface area contributed by atoms with Gasteiger partial charge in [-0.2, -0.15) is 5.26 Å². The van der Waals surface area contributed by atoms with Crippen molar-refractivity contribution in [3.05, 3.63) is 78.0 Å². The molecule has 0 atom stereocenters. The van der Waals surface area contributed by atoms with Gasteiger partial charge in [0.1, 0.15) is 5.82 Å². The molecule has 0 unspecified atom stereocenters. The first-order valence-electron chi connectivity index (χ1n) is 9.74. The molecule has 0 aliphatic rings. The van der Waals surface area contributed by atoms with Gasteiger partial charge in [0.2, 0.25) is 5.91 Å². The SMILES string of the molecule is CCCC(=O)Nc1cccnc1NCc1ccc(-c2ccccc2CC#N)cc1. The molecule has 1 heterocycles. The second-order valence-electron chi connectivity index (χ2n) is 6.74. The molecule has 2 N–H and O–H groups in total. The maximum Gasteiger partial charge on any atom is 0.224 e. The molecular weight excluding hydrogens is 360 g/mol. The standard InChI is InChI=1S/C24H24N4O/c1-2-6-23(29)28-22-9-5-16-26-24(22)27-17-18-10-12-20(13-11-18)21-8-4-3-7-19(21)14-15-25/h3-5,7-13,16H,2,6,14,17H2,1H3,(H,26,27)(H,28,29). The topological polar surface area (TPSA) is 77.8 Å². The molecule has 0 bridgehead atoms. The minimum absolute atomic E-state index is 0.0102. The zero-order valence-electron chi connectivity index (χ0n) is 16.5. The van der Waals surface area contributed by atoms with E-state index in [0.29, 0.717) is 30.9 Å². The number of nitrogens with one attached hydrogen (secondary N) is 2. The van der Waals surface area contributed by atoms with Crippen LogP contribution in [0.1, 0.15) is 30.9 Å². The summed E-state index contributed by atoms with van der Waals surface area (Å²) >= 11 is 0.